The molecule has 2 aliphatic heterocycles. The van der Waals surface area contributed by atoms with Gasteiger partial charge in [-0.3, -0.25) is 14.4 Å². The average molecular weight is 649 g/mol. The lowest BCUT2D eigenvalue weighted by atomic mass is 9.68. The quantitative estimate of drug-likeness (QED) is 0.236. The maximum absolute atomic E-state index is 13.9. The van der Waals surface area contributed by atoms with Crippen molar-refractivity contribution in [3.8, 4) is 5.75 Å². The molecular weight excluding hydrogens is 622 g/mol. The molecule has 1 aromatic heterocycles. The molecule has 1 saturated heterocycles. The second kappa shape index (κ2) is 10.3. The van der Waals surface area contributed by atoms with Crippen LogP contribution in [0, 0.1) is 36.5 Å². The molecular formula is C34H27F3N2O4S2. The molecule has 1 N–H and O–H groups in total. The number of hydrogen-bond donors (Lipinski definition) is 1. The van der Waals surface area contributed by atoms with Crippen LogP contribution in [-0.2, 0) is 22.4 Å². The summed E-state index contributed by atoms with van der Waals surface area (Å²) in [7, 11) is 0. The van der Waals surface area contributed by atoms with Crippen molar-refractivity contribution in [2.24, 2.45) is 29.6 Å². The maximum Gasteiger partial charge on any atom is 0.418 e. The maximum atomic E-state index is 13.9. The van der Waals surface area contributed by atoms with E-state index in [1.165, 1.54) is 23.8 Å². The van der Waals surface area contributed by atoms with E-state index in [1.54, 1.807) is 11.8 Å². The van der Waals surface area contributed by atoms with Gasteiger partial charge in [0.1, 0.15) is 12.4 Å². The number of hydrogen-bond acceptors (Lipinski definition) is 6. The first kappa shape index (κ1) is 28.6. The van der Waals surface area contributed by atoms with Gasteiger partial charge >= 0.3 is 11.0 Å². The molecule has 0 radical (unpaired) electrons. The van der Waals surface area contributed by atoms with Crippen molar-refractivity contribution in [2.75, 3.05) is 4.90 Å². The van der Waals surface area contributed by atoms with E-state index < -0.39 is 41.1 Å². The van der Waals surface area contributed by atoms with E-state index in [0.29, 0.717) is 18.8 Å². The number of benzene rings is 3. The van der Waals surface area contributed by atoms with Crippen molar-refractivity contribution >= 4 is 40.6 Å². The molecule has 11 heteroatoms. The van der Waals surface area contributed by atoms with Crippen molar-refractivity contribution in [1.82, 2.24) is 4.98 Å². The minimum Gasteiger partial charge on any atom is -0.489 e. The number of aromatic nitrogens is 1. The Morgan fingerprint density at radius 2 is 1.60 bits per heavy atom. The van der Waals surface area contributed by atoms with Crippen LogP contribution in [-0.4, -0.2) is 22.0 Å². The van der Waals surface area contributed by atoms with Crippen molar-refractivity contribution in [3.63, 3.8) is 0 Å². The average Bonchev–Trinajstić information content (AvgIpc) is 3.75. The summed E-state index contributed by atoms with van der Waals surface area (Å²) in [6.45, 7) is 2.45. The van der Waals surface area contributed by atoms with Crippen LogP contribution in [0.4, 0.5) is 18.9 Å². The first-order valence-corrected chi connectivity index (χ1v) is 16.5. The second-order valence-corrected chi connectivity index (χ2v) is 14.5. The smallest absolute Gasteiger partial charge is 0.418 e. The molecule has 4 aliphatic rings. The van der Waals surface area contributed by atoms with Gasteiger partial charge in [0.25, 0.3) is 0 Å². The van der Waals surface area contributed by atoms with Crippen LogP contribution < -0.4 is 14.5 Å². The van der Waals surface area contributed by atoms with Crippen LogP contribution >= 0.6 is 23.1 Å². The number of thiazole rings is 1. The summed E-state index contributed by atoms with van der Waals surface area (Å²) in [5, 5.41) is 0.710. The molecule has 3 heterocycles. The molecule has 2 bridgehead atoms. The van der Waals surface area contributed by atoms with Gasteiger partial charge in [-0.05, 0) is 66.5 Å². The van der Waals surface area contributed by atoms with Crippen LogP contribution in [0.5, 0.6) is 5.75 Å². The Morgan fingerprint density at radius 1 is 0.911 bits per heavy atom. The number of nitrogens with zero attached hydrogens (tertiary/aromatic N) is 1. The van der Waals surface area contributed by atoms with Gasteiger partial charge in [0.2, 0.25) is 11.8 Å². The van der Waals surface area contributed by atoms with Crippen molar-refractivity contribution < 1.29 is 27.5 Å². The number of anilines is 1. The highest BCUT2D eigenvalue weighted by Crippen LogP contribution is 2.68. The Morgan fingerprint density at radius 3 is 2.31 bits per heavy atom. The molecule has 6 nitrogen and oxygen atoms in total. The lowest BCUT2D eigenvalue weighted by Crippen LogP contribution is -2.42. The summed E-state index contributed by atoms with van der Waals surface area (Å²) in [5.74, 6) is -2.42. The van der Waals surface area contributed by atoms with Crippen LogP contribution in [0.25, 0.3) is 0 Å². The minimum atomic E-state index is -4.71. The van der Waals surface area contributed by atoms with Crippen LogP contribution in [0.2, 0.25) is 0 Å². The fourth-order valence-corrected chi connectivity index (χ4v) is 11.0. The van der Waals surface area contributed by atoms with Crippen LogP contribution in [0.3, 0.4) is 0 Å². The number of carbonyl (C=O) groups is 2. The highest BCUT2D eigenvalue weighted by molar-refractivity contribution is 8.00. The third-order valence-electron chi connectivity index (χ3n) is 9.94. The van der Waals surface area contributed by atoms with E-state index in [0.717, 1.165) is 43.3 Å². The van der Waals surface area contributed by atoms with Crippen molar-refractivity contribution in [3.05, 3.63) is 110 Å². The van der Waals surface area contributed by atoms with Gasteiger partial charge in [0, 0.05) is 16.0 Å². The van der Waals surface area contributed by atoms with Crippen LogP contribution in [0.1, 0.15) is 39.5 Å². The number of alkyl halides is 3. The lowest BCUT2D eigenvalue weighted by Gasteiger charge is -2.43. The molecule has 4 aromatic rings. The largest absolute Gasteiger partial charge is 0.489 e. The Kier molecular flexibility index (Phi) is 6.58. The normalized spacial score (nSPS) is 28.3. The number of para-hydroxylation sites is 1. The molecule has 3 aromatic carbocycles. The topological polar surface area (TPSA) is 79.5 Å². The van der Waals surface area contributed by atoms with E-state index in [4.69, 9.17) is 4.74 Å². The number of thioether (sulfide) groups is 1. The predicted octanol–water partition coefficient (Wildman–Crippen LogP) is 7.02. The number of fused-ring (bicyclic) bond motifs is 9. The highest BCUT2D eigenvalue weighted by Gasteiger charge is 2.70. The number of ether oxygens (including phenoxy) is 1. The number of halogens is 3. The van der Waals surface area contributed by atoms with E-state index >= 15 is 0 Å². The molecule has 3 fully saturated rings. The molecule has 8 rings (SSSR count). The van der Waals surface area contributed by atoms with Crippen molar-refractivity contribution in [2.45, 2.75) is 42.3 Å². The van der Waals surface area contributed by atoms with E-state index in [9.17, 15) is 27.6 Å². The van der Waals surface area contributed by atoms with Gasteiger partial charge in [-0.25, -0.2) is 4.90 Å². The summed E-state index contributed by atoms with van der Waals surface area (Å²) in [4.78, 5) is 44.8. The third kappa shape index (κ3) is 4.49. The molecule has 230 valence electrons. The van der Waals surface area contributed by atoms with Gasteiger partial charge in [0.15, 0.2) is 0 Å². The number of amides is 2. The zero-order chi connectivity index (χ0) is 31.2. The number of nitrogens with one attached hydrogen (secondary N) is 1. The fourth-order valence-electron chi connectivity index (χ4n) is 8.16. The Hall–Kier alpha value is -3.83. The minimum absolute atomic E-state index is 0.0610. The fraction of sp³-hybridized carbons (Fsp3) is 0.324. The summed E-state index contributed by atoms with van der Waals surface area (Å²) in [6.07, 6.45) is -4.06. The first-order valence-electron chi connectivity index (χ1n) is 14.8. The van der Waals surface area contributed by atoms with E-state index in [2.05, 4.69) is 4.98 Å². The lowest BCUT2D eigenvalue weighted by molar-refractivity contribution is -0.137. The summed E-state index contributed by atoms with van der Waals surface area (Å²) >= 11 is 2.71. The van der Waals surface area contributed by atoms with Gasteiger partial charge < -0.3 is 9.72 Å². The number of imide groups is 1. The third-order valence-corrected chi connectivity index (χ3v) is 12.5. The van der Waals surface area contributed by atoms with E-state index in [-0.39, 0.29) is 33.8 Å². The van der Waals surface area contributed by atoms with Gasteiger partial charge in [-0.1, -0.05) is 65.4 Å². The zero-order valence-electron chi connectivity index (χ0n) is 23.9. The first-order chi connectivity index (χ1) is 21.6. The Bertz CT molecular complexity index is 1880. The molecule has 2 aliphatic carbocycles. The van der Waals surface area contributed by atoms with Crippen molar-refractivity contribution in [1.29, 1.82) is 0 Å². The van der Waals surface area contributed by atoms with E-state index in [1.807, 2.05) is 55.5 Å². The van der Waals surface area contributed by atoms with Gasteiger partial charge in [-0.2, -0.15) is 13.2 Å². The number of rotatable bonds is 5. The molecule has 0 spiro atoms. The molecule has 7 atom stereocenters. The summed E-state index contributed by atoms with van der Waals surface area (Å²) in [5.41, 5.74) is 1.81. The van der Waals surface area contributed by atoms with Gasteiger partial charge in [0.05, 0.1) is 28.1 Å². The highest BCUT2D eigenvalue weighted by atomic mass is 32.2. The zero-order valence-corrected chi connectivity index (χ0v) is 25.5. The van der Waals surface area contributed by atoms with Crippen LogP contribution in [0.15, 0.2) is 82.6 Å². The number of aromatic amines is 1. The predicted molar refractivity (Wildman–Crippen MR) is 164 cm³/mol. The molecule has 2 amide bonds. The Labute approximate surface area is 264 Å². The monoisotopic (exact) mass is 648 g/mol. The number of carbonyl (C=O) groups excluding carboxylic acids is 2. The second-order valence-electron chi connectivity index (χ2n) is 12.3. The summed E-state index contributed by atoms with van der Waals surface area (Å²) in [6, 6.07) is 20.7. The SMILES string of the molecule is Cc1ccc(COc2ccc(C3c4sc(=O)[nH]c4SC4C3[C@H]3C[C@@H]4C4C(=O)N(c5ccccc5C(F)(F)F)C(=O)C43)cc2)cc1. The molecule has 45 heavy (non-hydrogen) atoms. The Balaban J connectivity index is 1.12. The number of aryl methyl sites for hydroxylation is 1. The number of H-pyrrole nitrogens is 1. The molecule has 2 saturated carbocycles. The molecule has 5 unspecified atom stereocenters. The van der Waals surface area contributed by atoms with Gasteiger partial charge in [-0.15, -0.1) is 11.8 Å². The standard InChI is InChI=1S/C34H27F3N2O4S2/c1-16-6-8-17(9-7-16)15-43-19-12-10-18(11-13-19)24-25-20-14-21(28(25)44-30-29(24)45-33(42)38-30)27-26(20)31(40)39(32(27)41)23-5-3-2-4-22(23)34(35,36)37/h2-13,20-21,24-28H,14-15H2,1H3,(H,38,42)/t20-,21-,24?,25?,26?,27?,28?/m1/s1. The summed E-state index contributed by atoms with van der Waals surface area (Å²) < 4.78 is 47.8.